The summed E-state index contributed by atoms with van der Waals surface area (Å²) >= 11 is 12.2. The number of halogens is 2. The second kappa shape index (κ2) is 8.04. The molecule has 0 saturated heterocycles. The Bertz CT molecular complexity index is 1310. The van der Waals surface area contributed by atoms with Crippen LogP contribution < -0.4 is 10.6 Å². The molecule has 2 heterocycles. The molecule has 5 rings (SSSR count). The lowest BCUT2D eigenvalue weighted by Crippen LogP contribution is -2.37. The molecule has 168 valence electrons. The number of carbonyl (C=O) groups excluding carboxylic acids is 2. The number of aromatic nitrogens is 2. The van der Waals surface area contributed by atoms with Crippen LogP contribution in [0.15, 0.2) is 66.0 Å². The molecule has 1 aromatic heterocycles. The molecule has 2 aliphatic rings. The Morgan fingerprint density at radius 3 is 2.61 bits per heavy atom. The molecule has 3 aromatic rings. The Morgan fingerprint density at radius 1 is 1.12 bits per heavy atom. The lowest BCUT2D eigenvalue weighted by Gasteiger charge is -2.39. The number of carbonyl (C=O) groups is 2. The minimum atomic E-state index is -0.462. The van der Waals surface area contributed by atoms with Crippen LogP contribution in [0.1, 0.15) is 48.7 Å². The first-order valence-electron chi connectivity index (χ1n) is 10.6. The van der Waals surface area contributed by atoms with Crippen LogP contribution in [0, 0.1) is 5.41 Å². The van der Waals surface area contributed by atoms with Crippen LogP contribution in [0.2, 0.25) is 10.0 Å². The van der Waals surface area contributed by atoms with Gasteiger partial charge in [0.05, 0.1) is 6.20 Å². The minimum Gasteiger partial charge on any atom is -0.343 e. The molecule has 0 radical (unpaired) electrons. The molecule has 6 nitrogen and oxygen atoms in total. The summed E-state index contributed by atoms with van der Waals surface area (Å²) in [7, 11) is 0. The zero-order valence-corrected chi connectivity index (χ0v) is 19.7. The van der Waals surface area contributed by atoms with Crippen LogP contribution in [0.25, 0.3) is 0 Å². The summed E-state index contributed by atoms with van der Waals surface area (Å²) in [6, 6.07) is 13.9. The molecule has 2 N–H and O–H groups in total. The van der Waals surface area contributed by atoms with Gasteiger partial charge in [0.2, 0.25) is 0 Å². The number of allylic oxidation sites excluding steroid dienone is 2. The van der Waals surface area contributed by atoms with E-state index >= 15 is 0 Å². The summed E-state index contributed by atoms with van der Waals surface area (Å²) in [5, 5.41) is 11.9. The number of anilines is 2. The van der Waals surface area contributed by atoms with Crippen molar-refractivity contribution in [2.75, 3.05) is 10.6 Å². The number of nitrogens with one attached hydrogen (secondary N) is 2. The number of hydrogen-bond donors (Lipinski definition) is 2. The Balaban J connectivity index is 1.59. The number of nitrogens with zero attached hydrogens (tertiary/aromatic N) is 2. The first-order valence-corrected chi connectivity index (χ1v) is 11.4. The maximum atomic E-state index is 13.3. The van der Waals surface area contributed by atoms with Crippen LogP contribution in [0.4, 0.5) is 11.5 Å². The summed E-state index contributed by atoms with van der Waals surface area (Å²) in [5.74, 6) is 0.323. The predicted octanol–water partition coefficient (Wildman–Crippen LogP) is 6.10. The normalized spacial score (nSPS) is 18.9. The van der Waals surface area contributed by atoms with Crippen LogP contribution in [-0.4, -0.2) is 21.5 Å². The fourth-order valence-electron chi connectivity index (χ4n) is 4.59. The molecule has 2 aromatic carbocycles. The molecule has 0 spiro atoms. The molecule has 0 saturated carbocycles. The van der Waals surface area contributed by atoms with Gasteiger partial charge in [0.1, 0.15) is 17.4 Å². The van der Waals surface area contributed by atoms with Crippen LogP contribution in [-0.2, 0) is 4.79 Å². The van der Waals surface area contributed by atoms with E-state index in [0.717, 1.165) is 11.3 Å². The van der Waals surface area contributed by atoms with Crippen LogP contribution in [0.3, 0.4) is 0 Å². The summed E-state index contributed by atoms with van der Waals surface area (Å²) < 4.78 is 1.71. The maximum Gasteiger partial charge on any atom is 0.261 e. The highest BCUT2D eigenvalue weighted by molar-refractivity contribution is 6.31. The van der Waals surface area contributed by atoms with Gasteiger partial charge in [-0.05, 0) is 53.8 Å². The average Bonchev–Trinajstić information content (AvgIpc) is 3.16. The minimum absolute atomic E-state index is 0.0760. The van der Waals surface area contributed by atoms with E-state index in [1.54, 1.807) is 35.0 Å². The Labute approximate surface area is 201 Å². The smallest absolute Gasteiger partial charge is 0.261 e. The first kappa shape index (κ1) is 21.7. The van der Waals surface area contributed by atoms with Crippen molar-refractivity contribution in [2.45, 2.75) is 32.7 Å². The number of amides is 1. The van der Waals surface area contributed by atoms with Gasteiger partial charge in [-0.1, -0.05) is 49.2 Å². The van der Waals surface area contributed by atoms with Crippen LogP contribution in [0.5, 0.6) is 0 Å². The summed E-state index contributed by atoms with van der Waals surface area (Å²) in [6.07, 6.45) is 2.67. The fraction of sp³-hybridized carbons (Fsp3) is 0.240. The Morgan fingerprint density at radius 2 is 1.88 bits per heavy atom. The van der Waals surface area contributed by atoms with Crippen molar-refractivity contribution in [3.63, 3.8) is 0 Å². The lowest BCUT2D eigenvalue weighted by molar-refractivity contribution is -0.118. The summed E-state index contributed by atoms with van der Waals surface area (Å²) in [5.41, 5.74) is 3.18. The molecule has 1 aliphatic carbocycles. The van der Waals surface area contributed by atoms with Gasteiger partial charge in [-0.2, -0.15) is 5.10 Å². The van der Waals surface area contributed by atoms with E-state index < -0.39 is 6.04 Å². The zero-order valence-electron chi connectivity index (χ0n) is 18.2. The molecule has 0 bridgehead atoms. The molecule has 1 aliphatic heterocycles. The van der Waals surface area contributed by atoms with Crippen molar-refractivity contribution in [2.24, 2.45) is 5.41 Å². The van der Waals surface area contributed by atoms with Crippen molar-refractivity contribution in [1.29, 1.82) is 0 Å². The number of rotatable bonds is 3. The molecular formula is C25H22Cl2N4O2. The second-order valence-corrected chi connectivity index (χ2v) is 10.1. The summed E-state index contributed by atoms with van der Waals surface area (Å²) in [6.45, 7) is 4.15. The van der Waals surface area contributed by atoms with Gasteiger partial charge >= 0.3 is 0 Å². The van der Waals surface area contributed by atoms with Crippen molar-refractivity contribution >= 4 is 46.4 Å². The molecule has 8 heteroatoms. The third-order valence-electron chi connectivity index (χ3n) is 6.01. The molecule has 33 heavy (non-hydrogen) atoms. The van der Waals surface area contributed by atoms with E-state index in [9.17, 15) is 9.59 Å². The predicted molar refractivity (Wildman–Crippen MR) is 130 cm³/mol. The van der Waals surface area contributed by atoms with Gasteiger partial charge in [-0.25, -0.2) is 4.68 Å². The van der Waals surface area contributed by atoms with Crippen molar-refractivity contribution in [3.05, 3.63) is 87.2 Å². The third kappa shape index (κ3) is 4.05. The number of hydrogen-bond acceptors (Lipinski definition) is 4. The van der Waals surface area contributed by atoms with Gasteiger partial charge in [0.15, 0.2) is 5.78 Å². The van der Waals surface area contributed by atoms with E-state index in [-0.39, 0.29) is 17.1 Å². The number of benzene rings is 2. The standard InChI is InChI=1S/C25H22Cl2N4O2/c1-25(2)11-19-21(20(32)12-25)22(14-4-3-5-16(27)10-14)31-23(30-19)18(13-28-31)24(33)29-17-8-6-15(26)7-9-17/h3-10,13,22,30H,11-12H2,1-2H3,(H,29,33). The summed E-state index contributed by atoms with van der Waals surface area (Å²) in [4.78, 5) is 26.4. The van der Waals surface area contributed by atoms with Crippen molar-refractivity contribution in [1.82, 2.24) is 9.78 Å². The van der Waals surface area contributed by atoms with Gasteiger partial charge < -0.3 is 10.6 Å². The van der Waals surface area contributed by atoms with Crippen molar-refractivity contribution in [3.8, 4) is 0 Å². The van der Waals surface area contributed by atoms with E-state index in [1.807, 2.05) is 18.2 Å². The maximum absolute atomic E-state index is 13.3. The van der Waals surface area contributed by atoms with E-state index in [1.165, 1.54) is 6.20 Å². The highest BCUT2D eigenvalue weighted by Crippen LogP contribution is 2.46. The van der Waals surface area contributed by atoms with Crippen molar-refractivity contribution < 1.29 is 9.59 Å². The van der Waals surface area contributed by atoms with Gasteiger partial charge in [-0.3, -0.25) is 9.59 Å². The number of Topliss-reactive ketones (excluding diaryl/α,β-unsaturated/α-hetero) is 1. The van der Waals surface area contributed by atoms with Gasteiger partial charge in [0.25, 0.3) is 5.91 Å². The quantitative estimate of drug-likeness (QED) is 0.474. The van der Waals surface area contributed by atoms with Gasteiger partial charge in [-0.15, -0.1) is 0 Å². The topological polar surface area (TPSA) is 76.0 Å². The van der Waals surface area contributed by atoms with Gasteiger partial charge in [0, 0.05) is 33.4 Å². The van der Waals surface area contributed by atoms with E-state index in [2.05, 4.69) is 29.6 Å². The first-order chi connectivity index (χ1) is 15.7. The highest BCUT2D eigenvalue weighted by Gasteiger charge is 2.42. The zero-order chi connectivity index (χ0) is 23.3. The van der Waals surface area contributed by atoms with E-state index in [0.29, 0.717) is 45.5 Å². The number of fused-ring (bicyclic) bond motifs is 1. The molecule has 1 atom stereocenters. The number of ketones is 1. The SMILES string of the molecule is CC1(C)CC(=O)C2=C(C1)Nc1c(C(=O)Nc3ccc(Cl)cc3)cnn1C2c1cccc(Cl)c1. The highest BCUT2D eigenvalue weighted by atomic mass is 35.5. The Kier molecular flexibility index (Phi) is 5.30. The Hall–Kier alpha value is -3.09. The monoisotopic (exact) mass is 480 g/mol. The average molecular weight is 481 g/mol. The molecule has 0 fully saturated rings. The fourth-order valence-corrected chi connectivity index (χ4v) is 4.92. The van der Waals surface area contributed by atoms with E-state index in [4.69, 9.17) is 23.2 Å². The molecule has 1 unspecified atom stereocenters. The third-order valence-corrected chi connectivity index (χ3v) is 6.50. The van der Waals surface area contributed by atoms with Crippen LogP contribution >= 0.6 is 23.2 Å². The second-order valence-electron chi connectivity index (χ2n) is 9.23. The largest absolute Gasteiger partial charge is 0.343 e. The molecular weight excluding hydrogens is 459 g/mol. The lowest BCUT2D eigenvalue weighted by atomic mass is 9.73. The molecule has 1 amide bonds.